The number of hydrogen-bond donors (Lipinski definition) is 0. The fraction of sp³-hybridized carbons (Fsp3) is 1.00. The van der Waals surface area contributed by atoms with Crippen LogP contribution in [0.1, 0.15) is 26.7 Å². The van der Waals surface area contributed by atoms with Gasteiger partial charge in [-0.25, -0.2) is 0 Å². The van der Waals surface area contributed by atoms with Crippen LogP contribution in [-0.2, 0) is 4.43 Å². The molecule has 0 N–H and O–H groups in total. The molecule has 0 amide bonds. The van der Waals surface area contributed by atoms with Gasteiger partial charge in [-0.05, 0) is 5.92 Å². The molecule has 0 aromatic heterocycles. The summed E-state index contributed by atoms with van der Waals surface area (Å²) in [5, 5.41) is 0. The van der Waals surface area contributed by atoms with Crippen molar-refractivity contribution in [2.75, 3.05) is 6.61 Å². The van der Waals surface area contributed by atoms with E-state index in [1.54, 1.807) is 0 Å². The van der Waals surface area contributed by atoms with Gasteiger partial charge in [0.15, 0.2) is 0 Å². The standard InChI is InChI=1S/C6H13OSi/c1-3-6(4-2)5-7-8/h6H,3-5H2,1-2H3. The van der Waals surface area contributed by atoms with Crippen molar-refractivity contribution >= 4 is 10.5 Å². The van der Waals surface area contributed by atoms with Crippen molar-refractivity contribution in [1.82, 2.24) is 0 Å². The third-order valence-corrected chi connectivity index (χ3v) is 1.64. The summed E-state index contributed by atoms with van der Waals surface area (Å²) in [5.41, 5.74) is 0. The van der Waals surface area contributed by atoms with Crippen LogP contribution in [0.15, 0.2) is 0 Å². The molecule has 0 unspecified atom stereocenters. The summed E-state index contributed by atoms with van der Waals surface area (Å²) >= 11 is 0. The Morgan fingerprint density at radius 1 is 1.38 bits per heavy atom. The van der Waals surface area contributed by atoms with Crippen molar-refractivity contribution in [2.24, 2.45) is 5.92 Å². The van der Waals surface area contributed by atoms with Crippen molar-refractivity contribution in [3.63, 3.8) is 0 Å². The Morgan fingerprint density at radius 3 is 2.00 bits per heavy atom. The van der Waals surface area contributed by atoms with E-state index in [-0.39, 0.29) is 0 Å². The first-order valence-electron chi connectivity index (χ1n) is 3.13. The second-order valence-corrected chi connectivity index (χ2v) is 2.28. The summed E-state index contributed by atoms with van der Waals surface area (Å²) in [6.07, 6.45) is 2.42. The van der Waals surface area contributed by atoms with Gasteiger partial charge in [0, 0.05) is 6.61 Å². The van der Waals surface area contributed by atoms with Crippen molar-refractivity contribution in [1.29, 1.82) is 0 Å². The first kappa shape index (κ1) is 8.18. The van der Waals surface area contributed by atoms with Crippen LogP contribution in [0, 0.1) is 5.92 Å². The van der Waals surface area contributed by atoms with Gasteiger partial charge in [0.2, 0.25) is 10.5 Å². The highest BCUT2D eigenvalue weighted by atomic mass is 28.2. The second-order valence-electron chi connectivity index (χ2n) is 1.99. The average Bonchev–Trinajstić information content (AvgIpc) is 1.83. The Morgan fingerprint density at radius 2 is 1.88 bits per heavy atom. The minimum absolute atomic E-state index is 0.729. The SMILES string of the molecule is CCC(CC)CO[Si]. The molecule has 0 aromatic rings. The summed E-state index contributed by atoms with van der Waals surface area (Å²) in [5.74, 6) is 0.729. The fourth-order valence-electron chi connectivity index (χ4n) is 0.642. The first-order chi connectivity index (χ1) is 3.85. The van der Waals surface area contributed by atoms with E-state index in [1.165, 1.54) is 12.8 Å². The highest BCUT2D eigenvalue weighted by molar-refractivity contribution is 5.97. The molecule has 8 heavy (non-hydrogen) atoms. The summed E-state index contributed by atoms with van der Waals surface area (Å²) in [7, 11) is 2.97. The molecule has 1 nitrogen and oxygen atoms in total. The Kier molecular flexibility index (Phi) is 5.43. The average molecular weight is 129 g/mol. The van der Waals surface area contributed by atoms with Crippen molar-refractivity contribution in [2.45, 2.75) is 26.7 Å². The van der Waals surface area contributed by atoms with Crippen LogP contribution in [0.4, 0.5) is 0 Å². The maximum atomic E-state index is 4.79. The van der Waals surface area contributed by atoms with E-state index < -0.39 is 0 Å². The van der Waals surface area contributed by atoms with Crippen LogP contribution in [0.25, 0.3) is 0 Å². The topological polar surface area (TPSA) is 9.23 Å². The van der Waals surface area contributed by atoms with Gasteiger partial charge >= 0.3 is 0 Å². The van der Waals surface area contributed by atoms with Gasteiger partial charge in [-0.3, -0.25) is 0 Å². The molecule has 0 saturated carbocycles. The molecule has 2 heteroatoms. The largest absolute Gasteiger partial charge is 0.418 e. The molecule has 0 spiro atoms. The Balaban J connectivity index is 3.07. The highest BCUT2D eigenvalue weighted by Crippen LogP contribution is 2.05. The summed E-state index contributed by atoms with van der Waals surface area (Å²) in [6, 6.07) is 0. The van der Waals surface area contributed by atoms with E-state index in [0.717, 1.165) is 12.5 Å². The molecule has 0 rings (SSSR count). The molecule has 0 fully saturated rings. The minimum Gasteiger partial charge on any atom is -0.418 e. The minimum atomic E-state index is 0.729. The van der Waals surface area contributed by atoms with E-state index in [2.05, 4.69) is 24.3 Å². The molecule has 0 aromatic carbocycles. The third kappa shape index (κ3) is 3.21. The highest BCUT2D eigenvalue weighted by Gasteiger charge is 1.99. The zero-order valence-electron chi connectivity index (χ0n) is 5.61. The molecule has 0 aliphatic carbocycles. The smallest absolute Gasteiger partial charge is 0.246 e. The monoisotopic (exact) mass is 129 g/mol. The first-order valence-corrected chi connectivity index (χ1v) is 3.54. The fourth-order valence-corrected chi connectivity index (χ4v) is 0.878. The van der Waals surface area contributed by atoms with Crippen LogP contribution in [0.5, 0.6) is 0 Å². The van der Waals surface area contributed by atoms with Crippen LogP contribution < -0.4 is 0 Å². The van der Waals surface area contributed by atoms with Crippen molar-refractivity contribution in [3.05, 3.63) is 0 Å². The maximum Gasteiger partial charge on any atom is 0.246 e. The van der Waals surface area contributed by atoms with E-state index in [4.69, 9.17) is 4.43 Å². The molecular weight excluding hydrogens is 116 g/mol. The Hall–Kier alpha value is 0.177. The lowest BCUT2D eigenvalue weighted by Crippen LogP contribution is -2.05. The van der Waals surface area contributed by atoms with Gasteiger partial charge in [-0.1, -0.05) is 26.7 Å². The zero-order valence-corrected chi connectivity index (χ0v) is 6.61. The van der Waals surface area contributed by atoms with Gasteiger partial charge in [0.05, 0.1) is 0 Å². The number of rotatable bonds is 4. The molecule has 0 atom stereocenters. The predicted octanol–water partition coefficient (Wildman–Crippen LogP) is 1.52. The molecular formula is C6H13OSi. The summed E-state index contributed by atoms with van der Waals surface area (Å²) < 4.78 is 4.79. The molecule has 0 bridgehead atoms. The van der Waals surface area contributed by atoms with E-state index in [0.29, 0.717) is 0 Å². The van der Waals surface area contributed by atoms with Crippen LogP contribution >= 0.6 is 0 Å². The maximum absolute atomic E-state index is 4.79. The van der Waals surface area contributed by atoms with E-state index in [9.17, 15) is 0 Å². The van der Waals surface area contributed by atoms with Gasteiger partial charge in [0.1, 0.15) is 0 Å². The summed E-state index contributed by atoms with van der Waals surface area (Å²) in [6.45, 7) is 5.20. The molecule has 0 heterocycles. The molecule has 0 aliphatic rings. The summed E-state index contributed by atoms with van der Waals surface area (Å²) in [4.78, 5) is 0. The van der Waals surface area contributed by atoms with Crippen LogP contribution in [0.2, 0.25) is 0 Å². The molecule has 0 saturated heterocycles. The Bertz CT molecular complexity index is 43.8. The lowest BCUT2D eigenvalue weighted by Gasteiger charge is -2.08. The normalized spacial score (nSPS) is 10.5. The van der Waals surface area contributed by atoms with Crippen LogP contribution in [-0.4, -0.2) is 17.1 Å². The molecule has 0 aliphatic heterocycles. The number of hydrogen-bond acceptors (Lipinski definition) is 1. The lowest BCUT2D eigenvalue weighted by molar-refractivity contribution is 0.260. The van der Waals surface area contributed by atoms with E-state index in [1.807, 2.05) is 0 Å². The Labute approximate surface area is 55.0 Å². The van der Waals surface area contributed by atoms with Gasteiger partial charge in [-0.2, -0.15) is 0 Å². The molecule has 47 valence electrons. The third-order valence-electron chi connectivity index (χ3n) is 1.47. The second kappa shape index (κ2) is 5.32. The predicted molar refractivity (Wildman–Crippen MR) is 35.8 cm³/mol. The van der Waals surface area contributed by atoms with Crippen LogP contribution in [0.3, 0.4) is 0 Å². The van der Waals surface area contributed by atoms with E-state index >= 15 is 0 Å². The quantitative estimate of drug-likeness (QED) is 0.523. The molecule has 3 radical (unpaired) electrons. The van der Waals surface area contributed by atoms with Gasteiger partial charge in [0.25, 0.3) is 0 Å². The zero-order chi connectivity index (χ0) is 6.41. The van der Waals surface area contributed by atoms with Gasteiger partial charge < -0.3 is 4.43 Å². The van der Waals surface area contributed by atoms with Gasteiger partial charge in [-0.15, -0.1) is 0 Å². The lowest BCUT2D eigenvalue weighted by atomic mass is 10.1. The van der Waals surface area contributed by atoms with Crippen molar-refractivity contribution in [3.8, 4) is 0 Å². The van der Waals surface area contributed by atoms with Crippen molar-refractivity contribution < 1.29 is 4.43 Å².